The summed E-state index contributed by atoms with van der Waals surface area (Å²) in [7, 11) is 0. The lowest BCUT2D eigenvalue weighted by Gasteiger charge is -2.24. The average Bonchev–Trinajstić information content (AvgIpc) is 3.17. The topological polar surface area (TPSA) is 0 Å². The third-order valence-corrected chi connectivity index (χ3v) is 10.6. The molecule has 1 aliphatic rings. The maximum atomic E-state index is 2.53. The molecule has 1 aliphatic carbocycles. The molecular formula is C48H38. The molecular weight excluding hydrogens is 577 g/mol. The summed E-state index contributed by atoms with van der Waals surface area (Å²) in [6.45, 7) is 0. The van der Waals surface area contributed by atoms with Gasteiger partial charge in [0.05, 0.1) is 0 Å². The molecule has 0 aliphatic heterocycles. The number of hydrogen-bond acceptors (Lipinski definition) is 0. The molecule has 8 aromatic carbocycles. The van der Waals surface area contributed by atoms with Crippen LogP contribution < -0.4 is 0 Å². The maximum Gasteiger partial charge on any atom is -0.00261 e. The predicted octanol–water partition coefficient (Wildman–Crippen LogP) is 13.9. The summed E-state index contributed by atoms with van der Waals surface area (Å²) in [6, 6.07) is 61.1. The van der Waals surface area contributed by atoms with Gasteiger partial charge in [0.25, 0.3) is 0 Å². The van der Waals surface area contributed by atoms with Crippen molar-refractivity contribution in [2.45, 2.75) is 38.0 Å². The second-order valence-corrected chi connectivity index (χ2v) is 13.5. The minimum Gasteiger partial charge on any atom is -0.0622 e. The Balaban J connectivity index is 1.30. The second-order valence-electron chi connectivity index (χ2n) is 13.5. The molecule has 48 heavy (non-hydrogen) atoms. The van der Waals surface area contributed by atoms with Crippen LogP contribution in [-0.2, 0) is 0 Å². The second kappa shape index (κ2) is 12.3. The van der Waals surface area contributed by atoms with Gasteiger partial charge in [0, 0.05) is 0 Å². The Kier molecular flexibility index (Phi) is 7.36. The van der Waals surface area contributed by atoms with Gasteiger partial charge in [-0.05, 0) is 119 Å². The van der Waals surface area contributed by atoms with Gasteiger partial charge in [0.15, 0.2) is 0 Å². The monoisotopic (exact) mass is 614 g/mol. The Hall–Kier alpha value is -5.46. The quantitative estimate of drug-likeness (QED) is 0.169. The van der Waals surface area contributed by atoms with Crippen molar-refractivity contribution in [2.75, 3.05) is 0 Å². The van der Waals surface area contributed by atoms with E-state index >= 15 is 0 Å². The molecule has 0 heterocycles. The molecule has 0 atom stereocenters. The zero-order chi connectivity index (χ0) is 31.9. The normalized spacial score (nSPS) is 13.8. The summed E-state index contributed by atoms with van der Waals surface area (Å²) in [5, 5.41) is 7.77. The zero-order valence-electron chi connectivity index (χ0n) is 27.2. The van der Waals surface area contributed by atoms with Gasteiger partial charge >= 0.3 is 0 Å². The number of fused-ring (bicyclic) bond motifs is 3. The van der Waals surface area contributed by atoms with Crippen LogP contribution >= 0.6 is 0 Å². The lowest BCUT2D eigenvalue weighted by molar-refractivity contribution is 0.444. The Bertz CT molecular complexity index is 2370. The summed E-state index contributed by atoms with van der Waals surface area (Å²) in [5.74, 6) is 0.601. The van der Waals surface area contributed by atoms with Crippen LogP contribution in [0.25, 0.3) is 76.8 Å². The van der Waals surface area contributed by atoms with E-state index in [0.717, 1.165) is 0 Å². The van der Waals surface area contributed by atoms with Crippen LogP contribution in [0.1, 0.15) is 43.6 Å². The van der Waals surface area contributed by atoms with Gasteiger partial charge in [-0.3, -0.25) is 0 Å². The fraction of sp³-hybridized carbons (Fsp3) is 0.125. The molecule has 230 valence electrons. The molecule has 0 heteroatoms. The van der Waals surface area contributed by atoms with Crippen molar-refractivity contribution in [3.05, 3.63) is 169 Å². The van der Waals surface area contributed by atoms with Crippen LogP contribution in [0, 0.1) is 0 Å². The van der Waals surface area contributed by atoms with Crippen LogP contribution in [0.4, 0.5) is 0 Å². The number of benzene rings is 8. The van der Waals surface area contributed by atoms with Crippen molar-refractivity contribution in [3.63, 3.8) is 0 Å². The minimum absolute atomic E-state index is 0.601. The fourth-order valence-corrected chi connectivity index (χ4v) is 8.24. The Morgan fingerprint density at radius 1 is 0.312 bits per heavy atom. The molecule has 0 spiro atoms. The predicted molar refractivity (Wildman–Crippen MR) is 207 cm³/mol. The molecule has 0 unspecified atom stereocenters. The first-order chi connectivity index (χ1) is 23.8. The van der Waals surface area contributed by atoms with Crippen molar-refractivity contribution >= 4 is 32.3 Å². The van der Waals surface area contributed by atoms with Gasteiger partial charge in [-0.15, -0.1) is 0 Å². The van der Waals surface area contributed by atoms with Gasteiger partial charge in [0.1, 0.15) is 0 Å². The van der Waals surface area contributed by atoms with Crippen LogP contribution in [0.2, 0.25) is 0 Å². The van der Waals surface area contributed by atoms with Crippen molar-refractivity contribution < 1.29 is 0 Å². The zero-order valence-corrected chi connectivity index (χ0v) is 27.2. The molecule has 0 radical (unpaired) electrons. The van der Waals surface area contributed by atoms with Crippen LogP contribution in [0.5, 0.6) is 0 Å². The van der Waals surface area contributed by atoms with E-state index in [1.54, 1.807) is 0 Å². The third kappa shape index (κ3) is 5.19. The highest BCUT2D eigenvalue weighted by molar-refractivity contribution is 6.21. The highest BCUT2D eigenvalue weighted by atomic mass is 14.2. The van der Waals surface area contributed by atoms with E-state index in [1.165, 1.54) is 114 Å². The molecule has 1 saturated carbocycles. The van der Waals surface area contributed by atoms with Gasteiger partial charge in [-0.25, -0.2) is 0 Å². The van der Waals surface area contributed by atoms with E-state index in [-0.39, 0.29) is 0 Å². The Morgan fingerprint density at radius 3 is 1.52 bits per heavy atom. The fourth-order valence-electron chi connectivity index (χ4n) is 8.24. The van der Waals surface area contributed by atoms with Crippen molar-refractivity contribution in [2.24, 2.45) is 0 Å². The van der Waals surface area contributed by atoms with E-state index in [0.29, 0.717) is 5.92 Å². The van der Waals surface area contributed by atoms with Gasteiger partial charge in [-0.2, -0.15) is 0 Å². The van der Waals surface area contributed by atoms with Crippen LogP contribution in [0.3, 0.4) is 0 Å². The summed E-state index contributed by atoms with van der Waals surface area (Å²) in [6.07, 6.45) is 6.54. The van der Waals surface area contributed by atoms with Crippen molar-refractivity contribution in [3.8, 4) is 44.5 Å². The number of rotatable bonds is 5. The first kappa shape index (κ1) is 28.7. The third-order valence-electron chi connectivity index (χ3n) is 10.6. The van der Waals surface area contributed by atoms with E-state index in [2.05, 4.69) is 164 Å². The van der Waals surface area contributed by atoms with E-state index in [4.69, 9.17) is 0 Å². The van der Waals surface area contributed by atoms with Gasteiger partial charge < -0.3 is 0 Å². The highest BCUT2D eigenvalue weighted by Gasteiger charge is 2.21. The molecule has 0 bridgehead atoms. The maximum absolute atomic E-state index is 2.53. The molecule has 1 fully saturated rings. The van der Waals surface area contributed by atoms with E-state index < -0.39 is 0 Å². The minimum atomic E-state index is 0.601. The lowest BCUT2D eigenvalue weighted by Crippen LogP contribution is -2.05. The average molecular weight is 615 g/mol. The Labute approximate surface area is 283 Å². The first-order valence-electron chi connectivity index (χ1n) is 17.5. The molecule has 0 amide bonds. The van der Waals surface area contributed by atoms with E-state index in [1.807, 2.05) is 0 Å². The largest absolute Gasteiger partial charge is 0.0622 e. The van der Waals surface area contributed by atoms with Crippen molar-refractivity contribution in [1.82, 2.24) is 0 Å². The summed E-state index contributed by atoms with van der Waals surface area (Å²) >= 11 is 0. The van der Waals surface area contributed by atoms with Crippen molar-refractivity contribution in [1.29, 1.82) is 0 Å². The van der Waals surface area contributed by atoms with E-state index in [9.17, 15) is 0 Å². The molecule has 8 aromatic rings. The molecule has 0 aromatic heterocycles. The SMILES string of the molecule is c1ccc(-c2cccc(-c3cc(-c4c5ccccc5c(-c5ccc6ccccc6c5)c5ccccc45)cc(C4CCCCC4)c3)c2)cc1. The first-order valence-corrected chi connectivity index (χ1v) is 17.5. The van der Waals surface area contributed by atoms with Crippen LogP contribution in [-0.4, -0.2) is 0 Å². The van der Waals surface area contributed by atoms with Gasteiger partial charge in [-0.1, -0.05) is 165 Å². The highest BCUT2D eigenvalue weighted by Crippen LogP contribution is 2.46. The smallest absolute Gasteiger partial charge is 0.00261 e. The van der Waals surface area contributed by atoms with Crippen LogP contribution in [0.15, 0.2) is 164 Å². The summed E-state index contributed by atoms with van der Waals surface area (Å²) < 4.78 is 0. The lowest BCUT2D eigenvalue weighted by atomic mass is 9.80. The summed E-state index contributed by atoms with van der Waals surface area (Å²) in [4.78, 5) is 0. The molecule has 0 N–H and O–H groups in total. The molecule has 0 nitrogen and oxygen atoms in total. The van der Waals surface area contributed by atoms with Gasteiger partial charge in [0.2, 0.25) is 0 Å². The summed E-state index contributed by atoms with van der Waals surface area (Å²) in [5.41, 5.74) is 11.8. The molecule has 0 saturated heterocycles. The standard InChI is InChI=1S/C48H38/c1-3-14-33(15-4-1)37-20-13-21-38(28-37)41-30-40(34-16-5-2-6-17-34)31-42(32-41)48-45-24-11-9-22-43(45)47(44-23-10-12-25-46(44)48)39-27-26-35-18-7-8-19-36(35)29-39/h1,3-4,7-15,18-32,34H,2,5-6,16-17H2. The number of hydrogen-bond donors (Lipinski definition) is 0. The Morgan fingerprint density at radius 2 is 0.833 bits per heavy atom. The molecule has 9 rings (SSSR count).